The second-order valence-electron chi connectivity index (χ2n) is 3.93. The molecule has 0 aromatic carbocycles. The summed E-state index contributed by atoms with van der Waals surface area (Å²) in [5.74, 6) is 0. The molecule has 1 saturated heterocycles. The first kappa shape index (κ1) is 10.2. The zero-order valence-corrected chi connectivity index (χ0v) is 10.1. The lowest BCUT2D eigenvalue weighted by atomic mass is 10.1. The Morgan fingerprint density at radius 1 is 1.64 bits per heavy atom. The summed E-state index contributed by atoms with van der Waals surface area (Å²) in [4.78, 5) is 2.55. The summed E-state index contributed by atoms with van der Waals surface area (Å²) in [6.45, 7) is 4.54. The molecule has 78 valence electrons. The van der Waals surface area contributed by atoms with Gasteiger partial charge >= 0.3 is 0 Å². The minimum Gasteiger partial charge on any atom is -0.457 e. The van der Waals surface area contributed by atoms with Gasteiger partial charge in [-0.1, -0.05) is 6.92 Å². The van der Waals surface area contributed by atoms with Crippen LogP contribution < -0.4 is 0 Å². The Hall–Kier alpha value is -0.280. The Bertz CT molecular complexity index is 297. The third kappa shape index (κ3) is 2.20. The molecule has 0 amide bonds. The molecule has 2 heterocycles. The summed E-state index contributed by atoms with van der Waals surface area (Å²) in [6.07, 6.45) is 5.81. The molecule has 0 N–H and O–H groups in total. The highest BCUT2D eigenvalue weighted by Gasteiger charge is 2.22. The minimum absolute atomic E-state index is 0.781. The second-order valence-corrected chi connectivity index (χ2v) is 4.72. The molecule has 1 fully saturated rings. The molecule has 2 nitrogen and oxygen atoms in total. The van der Waals surface area contributed by atoms with E-state index in [4.69, 9.17) is 4.42 Å². The molecule has 3 heteroatoms. The van der Waals surface area contributed by atoms with E-state index in [2.05, 4.69) is 33.8 Å². The molecule has 1 unspecified atom stereocenters. The molecule has 1 aliphatic heterocycles. The fourth-order valence-electron chi connectivity index (χ4n) is 2.23. The number of hydrogen-bond acceptors (Lipinski definition) is 2. The summed E-state index contributed by atoms with van der Waals surface area (Å²) < 4.78 is 6.07. The highest BCUT2D eigenvalue weighted by atomic mass is 79.9. The maximum absolute atomic E-state index is 5.23. The molecule has 0 aliphatic carbocycles. The molecule has 14 heavy (non-hydrogen) atoms. The average molecular weight is 258 g/mol. The summed E-state index contributed by atoms with van der Waals surface area (Å²) >= 11 is 3.33. The predicted octanol–water partition coefficient (Wildman–Crippen LogP) is 3.42. The van der Waals surface area contributed by atoms with Gasteiger partial charge in [-0.05, 0) is 47.8 Å². The minimum atomic E-state index is 0.781. The van der Waals surface area contributed by atoms with Crippen LogP contribution in [0.5, 0.6) is 0 Å². The fourth-order valence-corrected chi connectivity index (χ4v) is 2.62. The SMILES string of the molecule is CCC1CCCN1Cc1coc(Br)c1. The molecule has 0 saturated carbocycles. The Labute approximate surface area is 93.4 Å². The average Bonchev–Trinajstić information content (AvgIpc) is 2.76. The van der Waals surface area contributed by atoms with Crippen LogP contribution in [-0.4, -0.2) is 17.5 Å². The van der Waals surface area contributed by atoms with Gasteiger partial charge in [0.15, 0.2) is 4.67 Å². The molecular weight excluding hydrogens is 242 g/mol. The van der Waals surface area contributed by atoms with Crippen molar-refractivity contribution >= 4 is 15.9 Å². The van der Waals surface area contributed by atoms with Crippen LogP contribution in [0, 0.1) is 0 Å². The zero-order chi connectivity index (χ0) is 9.97. The fraction of sp³-hybridized carbons (Fsp3) is 0.636. The van der Waals surface area contributed by atoms with Crippen molar-refractivity contribution < 1.29 is 4.42 Å². The van der Waals surface area contributed by atoms with Gasteiger partial charge in [-0.3, -0.25) is 4.90 Å². The van der Waals surface area contributed by atoms with E-state index in [1.54, 1.807) is 0 Å². The van der Waals surface area contributed by atoms with Gasteiger partial charge in [0.25, 0.3) is 0 Å². The number of hydrogen-bond donors (Lipinski definition) is 0. The Balaban J connectivity index is 1.96. The lowest BCUT2D eigenvalue weighted by molar-refractivity contribution is 0.239. The van der Waals surface area contributed by atoms with E-state index in [9.17, 15) is 0 Å². The molecular formula is C11H16BrNO. The van der Waals surface area contributed by atoms with Crippen LogP contribution in [0.1, 0.15) is 31.7 Å². The lowest BCUT2D eigenvalue weighted by Crippen LogP contribution is -2.27. The first-order valence-corrected chi connectivity index (χ1v) is 6.06. The van der Waals surface area contributed by atoms with Gasteiger partial charge in [-0.15, -0.1) is 0 Å². The quantitative estimate of drug-likeness (QED) is 0.826. The zero-order valence-electron chi connectivity index (χ0n) is 8.50. The van der Waals surface area contributed by atoms with Crippen molar-refractivity contribution in [1.29, 1.82) is 0 Å². The molecule has 0 radical (unpaired) electrons. The molecule has 1 aromatic rings. The van der Waals surface area contributed by atoms with E-state index in [0.717, 1.165) is 17.3 Å². The highest BCUT2D eigenvalue weighted by Crippen LogP contribution is 2.23. The molecule has 2 rings (SSSR count). The van der Waals surface area contributed by atoms with Crippen LogP contribution in [0.15, 0.2) is 21.4 Å². The first-order chi connectivity index (χ1) is 6.79. The van der Waals surface area contributed by atoms with E-state index < -0.39 is 0 Å². The monoisotopic (exact) mass is 257 g/mol. The second kappa shape index (κ2) is 4.49. The van der Waals surface area contributed by atoms with Crippen molar-refractivity contribution in [2.45, 2.75) is 38.8 Å². The van der Waals surface area contributed by atoms with Crippen molar-refractivity contribution in [3.8, 4) is 0 Å². The molecule has 1 atom stereocenters. The van der Waals surface area contributed by atoms with Crippen LogP contribution >= 0.6 is 15.9 Å². The van der Waals surface area contributed by atoms with Gasteiger partial charge in [0.05, 0.1) is 6.26 Å². The summed E-state index contributed by atoms with van der Waals surface area (Å²) in [7, 11) is 0. The molecule has 1 aromatic heterocycles. The van der Waals surface area contributed by atoms with E-state index in [0.29, 0.717) is 0 Å². The van der Waals surface area contributed by atoms with Gasteiger partial charge in [-0.25, -0.2) is 0 Å². The van der Waals surface area contributed by atoms with Crippen molar-refractivity contribution in [3.05, 3.63) is 22.6 Å². The van der Waals surface area contributed by atoms with Gasteiger partial charge in [0, 0.05) is 18.2 Å². The van der Waals surface area contributed by atoms with Crippen LogP contribution in [0.4, 0.5) is 0 Å². The van der Waals surface area contributed by atoms with Gasteiger partial charge in [0.2, 0.25) is 0 Å². The maximum atomic E-state index is 5.23. The van der Waals surface area contributed by atoms with Crippen molar-refractivity contribution in [2.24, 2.45) is 0 Å². The van der Waals surface area contributed by atoms with Crippen LogP contribution in [0.2, 0.25) is 0 Å². The first-order valence-electron chi connectivity index (χ1n) is 5.26. The summed E-state index contributed by atoms with van der Waals surface area (Å²) in [6, 6.07) is 2.84. The molecule has 0 bridgehead atoms. The number of likely N-dealkylation sites (tertiary alicyclic amines) is 1. The maximum Gasteiger partial charge on any atom is 0.169 e. The standard InChI is InChI=1S/C11H16BrNO/c1-2-10-4-3-5-13(10)7-9-6-11(12)14-8-9/h6,8,10H,2-5,7H2,1H3. The van der Waals surface area contributed by atoms with Crippen LogP contribution in [-0.2, 0) is 6.54 Å². The van der Waals surface area contributed by atoms with E-state index in [1.165, 1.54) is 31.4 Å². The molecule has 1 aliphatic rings. The van der Waals surface area contributed by atoms with Gasteiger partial charge < -0.3 is 4.42 Å². The van der Waals surface area contributed by atoms with Crippen molar-refractivity contribution in [1.82, 2.24) is 4.90 Å². The third-order valence-corrected chi connectivity index (χ3v) is 3.39. The Kier molecular flexibility index (Phi) is 3.29. The van der Waals surface area contributed by atoms with Gasteiger partial charge in [0.1, 0.15) is 0 Å². The Morgan fingerprint density at radius 2 is 2.50 bits per heavy atom. The number of furan rings is 1. The Morgan fingerprint density at radius 3 is 3.14 bits per heavy atom. The third-order valence-electron chi connectivity index (χ3n) is 2.98. The topological polar surface area (TPSA) is 16.4 Å². The normalized spacial score (nSPS) is 23.1. The smallest absolute Gasteiger partial charge is 0.169 e. The van der Waals surface area contributed by atoms with Crippen LogP contribution in [0.25, 0.3) is 0 Å². The van der Waals surface area contributed by atoms with Crippen molar-refractivity contribution in [2.75, 3.05) is 6.54 Å². The summed E-state index contributed by atoms with van der Waals surface area (Å²) in [5, 5.41) is 0. The van der Waals surface area contributed by atoms with E-state index in [1.807, 2.05) is 6.26 Å². The lowest BCUT2D eigenvalue weighted by Gasteiger charge is -2.22. The van der Waals surface area contributed by atoms with Crippen molar-refractivity contribution in [3.63, 3.8) is 0 Å². The number of halogens is 1. The molecule has 0 spiro atoms. The highest BCUT2D eigenvalue weighted by molar-refractivity contribution is 9.10. The number of rotatable bonds is 3. The largest absolute Gasteiger partial charge is 0.457 e. The summed E-state index contributed by atoms with van der Waals surface area (Å²) in [5.41, 5.74) is 1.28. The van der Waals surface area contributed by atoms with Gasteiger partial charge in [-0.2, -0.15) is 0 Å². The van der Waals surface area contributed by atoms with E-state index >= 15 is 0 Å². The van der Waals surface area contributed by atoms with E-state index in [-0.39, 0.29) is 0 Å². The van der Waals surface area contributed by atoms with Crippen LogP contribution in [0.3, 0.4) is 0 Å². The predicted molar refractivity (Wildman–Crippen MR) is 60.1 cm³/mol. The number of nitrogens with zero attached hydrogens (tertiary/aromatic N) is 1.